The first-order chi connectivity index (χ1) is 8.70. The molecule has 1 saturated carbocycles. The zero-order valence-corrected chi connectivity index (χ0v) is 11.6. The molecule has 2 N–H and O–H groups in total. The zero-order valence-electron chi connectivity index (χ0n) is 10.8. The third-order valence-corrected chi connectivity index (χ3v) is 4.66. The van der Waals surface area contributed by atoms with Crippen LogP contribution in [0.15, 0.2) is 0 Å². The molecule has 3 heterocycles. The van der Waals surface area contributed by atoms with Crippen LogP contribution in [0.25, 0.3) is 0 Å². The van der Waals surface area contributed by atoms with E-state index in [1.54, 1.807) is 4.90 Å². The van der Waals surface area contributed by atoms with Crippen LogP contribution in [0.5, 0.6) is 0 Å². The normalized spacial score (nSPS) is 40.6. The van der Waals surface area contributed by atoms with E-state index in [-0.39, 0.29) is 48.5 Å². The number of carbonyl (C=O) groups excluding carboxylic acids is 1. The molecule has 0 aromatic carbocycles. The van der Waals surface area contributed by atoms with Gasteiger partial charge in [0.15, 0.2) is 0 Å². The second kappa shape index (κ2) is 5.66. The summed E-state index contributed by atoms with van der Waals surface area (Å²) in [6.07, 6.45) is 4.06. The maximum Gasteiger partial charge on any atom is 0.241 e. The molecule has 1 unspecified atom stereocenters. The molecule has 106 valence electrons. The summed E-state index contributed by atoms with van der Waals surface area (Å²) in [6, 6.07) is 1.93. The Bertz CT molecular complexity index is 398. The fourth-order valence-corrected chi connectivity index (χ4v) is 3.69. The number of hydrogen-bond donors (Lipinski definition) is 2. The van der Waals surface area contributed by atoms with Crippen LogP contribution in [0.4, 0.5) is 0 Å². The van der Waals surface area contributed by atoms with Crippen LogP contribution in [0.3, 0.4) is 0 Å². The Morgan fingerprint density at radius 3 is 2.79 bits per heavy atom. The maximum atomic E-state index is 12.5. The van der Waals surface area contributed by atoms with Crippen molar-refractivity contribution in [2.75, 3.05) is 6.54 Å². The van der Waals surface area contributed by atoms with Crippen molar-refractivity contribution >= 4 is 18.3 Å². The number of halogens is 1. The molecule has 5 nitrogen and oxygen atoms in total. The minimum absolute atomic E-state index is 0. The van der Waals surface area contributed by atoms with Gasteiger partial charge in [-0.3, -0.25) is 4.79 Å². The third-order valence-electron chi connectivity index (χ3n) is 4.66. The zero-order chi connectivity index (χ0) is 12.7. The minimum Gasteiger partial charge on any atom is -0.393 e. The number of hydrogen-bond acceptors (Lipinski definition) is 4. The molecule has 5 atom stereocenters. The van der Waals surface area contributed by atoms with Crippen molar-refractivity contribution in [1.82, 2.24) is 10.2 Å². The van der Waals surface area contributed by atoms with Gasteiger partial charge in [-0.05, 0) is 32.1 Å². The predicted octanol–water partition coefficient (Wildman–Crippen LogP) is 0.424. The van der Waals surface area contributed by atoms with Gasteiger partial charge in [0.2, 0.25) is 5.91 Å². The number of aliphatic hydroxyl groups excluding tert-OH is 1. The van der Waals surface area contributed by atoms with Gasteiger partial charge in [0.05, 0.1) is 18.2 Å². The Morgan fingerprint density at radius 2 is 2.16 bits per heavy atom. The van der Waals surface area contributed by atoms with Crippen molar-refractivity contribution in [3.05, 3.63) is 0 Å². The maximum absolute atomic E-state index is 12.5. The average molecular weight is 286 g/mol. The minimum atomic E-state index is -0.359. The molecule has 0 radical (unpaired) electrons. The van der Waals surface area contributed by atoms with Crippen LogP contribution < -0.4 is 5.32 Å². The number of nitrogens with one attached hydrogen (secondary N) is 1. The number of amides is 1. The van der Waals surface area contributed by atoms with Crippen LogP contribution >= 0.6 is 12.4 Å². The van der Waals surface area contributed by atoms with Crippen LogP contribution in [-0.2, 0) is 4.79 Å². The molecule has 0 aromatic rings. The van der Waals surface area contributed by atoms with Crippen LogP contribution in [0, 0.1) is 17.2 Å². The van der Waals surface area contributed by atoms with E-state index in [9.17, 15) is 9.90 Å². The number of likely N-dealkylation sites (tertiary alicyclic amines) is 1. The second-order valence-electron chi connectivity index (χ2n) is 5.70. The van der Waals surface area contributed by atoms with E-state index in [4.69, 9.17) is 5.26 Å². The highest BCUT2D eigenvalue weighted by atomic mass is 35.5. The topological polar surface area (TPSA) is 76.4 Å². The lowest BCUT2D eigenvalue weighted by Crippen LogP contribution is -2.64. The van der Waals surface area contributed by atoms with Crippen molar-refractivity contribution in [3.63, 3.8) is 0 Å². The highest BCUT2D eigenvalue weighted by Crippen LogP contribution is 2.35. The number of carbonyl (C=O) groups is 1. The molecule has 0 spiro atoms. The molecule has 1 amide bonds. The first kappa shape index (κ1) is 14.6. The number of aliphatic hydroxyl groups is 1. The van der Waals surface area contributed by atoms with E-state index in [1.165, 1.54) is 0 Å². The molecule has 3 aliphatic heterocycles. The Hall–Kier alpha value is -0.830. The average Bonchev–Trinajstić information content (AvgIpc) is 2.86. The molecule has 0 aromatic heterocycles. The van der Waals surface area contributed by atoms with E-state index in [0.29, 0.717) is 6.54 Å². The fourth-order valence-electron chi connectivity index (χ4n) is 3.69. The lowest BCUT2D eigenvalue weighted by atomic mass is 9.74. The van der Waals surface area contributed by atoms with Crippen LogP contribution in [0.2, 0.25) is 0 Å². The molecule has 6 heteroatoms. The SMILES string of the molecule is Cl.N#CC1CCCN1C(=O)[C@H]1N[C@H]2CC[C@@H]1[C@H](O)C2. The quantitative estimate of drug-likeness (QED) is 0.732. The summed E-state index contributed by atoms with van der Waals surface area (Å²) in [6.45, 7) is 0.683. The number of piperidine rings is 2. The second-order valence-corrected chi connectivity index (χ2v) is 5.70. The van der Waals surface area contributed by atoms with Crippen LogP contribution in [-0.4, -0.2) is 46.7 Å². The molecular formula is C13H20ClN3O2. The lowest BCUT2D eigenvalue weighted by molar-refractivity contribution is -0.140. The summed E-state index contributed by atoms with van der Waals surface area (Å²) < 4.78 is 0. The summed E-state index contributed by atoms with van der Waals surface area (Å²) in [4.78, 5) is 14.2. The molecule has 1 aliphatic carbocycles. The monoisotopic (exact) mass is 285 g/mol. The first-order valence-corrected chi connectivity index (χ1v) is 6.85. The van der Waals surface area contributed by atoms with Gasteiger partial charge in [-0.15, -0.1) is 12.4 Å². The fraction of sp³-hybridized carbons (Fsp3) is 0.846. The van der Waals surface area contributed by atoms with Gasteiger partial charge in [-0.1, -0.05) is 0 Å². The van der Waals surface area contributed by atoms with Gasteiger partial charge in [0.25, 0.3) is 0 Å². The number of nitriles is 1. The summed E-state index contributed by atoms with van der Waals surface area (Å²) >= 11 is 0. The van der Waals surface area contributed by atoms with E-state index in [1.807, 2.05) is 0 Å². The predicted molar refractivity (Wildman–Crippen MR) is 71.7 cm³/mol. The largest absolute Gasteiger partial charge is 0.393 e. The van der Waals surface area contributed by atoms with Crippen molar-refractivity contribution < 1.29 is 9.90 Å². The summed E-state index contributed by atoms with van der Waals surface area (Å²) in [5.74, 6) is 0.0509. The Labute approximate surface area is 119 Å². The molecule has 2 bridgehead atoms. The Morgan fingerprint density at radius 1 is 1.37 bits per heavy atom. The number of nitrogens with zero attached hydrogens (tertiary/aromatic N) is 2. The van der Waals surface area contributed by atoms with Gasteiger partial charge in [0, 0.05) is 18.5 Å². The highest BCUT2D eigenvalue weighted by Gasteiger charge is 2.46. The lowest BCUT2D eigenvalue weighted by Gasteiger charge is -2.46. The van der Waals surface area contributed by atoms with Gasteiger partial charge < -0.3 is 15.3 Å². The van der Waals surface area contributed by atoms with Crippen molar-refractivity contribution in [2.24, 2.45) is 5.92 Å². The number of rotatable bonds is 1. The summed E-state index contributed by atoms with van der Waals surface area (Å²) in [5, 5.41) is 22.4. The molecule has 4 fully saturated rings. The number of fused-ring (bicyclic) bond motifs is 3. The van der Waals surface area contributed by atoms with Crippen molar-refractivity contribution in [1.29, 1.82) is 5.26 Å². The van der Waals surface area contributed by atoms with E-state index < -0.39 is 0 Å². The van der Waals surface area contributed by atoms with Gasteiger partial charge in [-0.25, -0.2) is 0 Å². The third kappa shape index (κ3) is 2.45. The Kier molecular flexibility index (Phi) is 4.34. The van der Waals surface area contributed by atoms with Gasteiger partial charge in [-0.2, -0.15) is 5.26 Å². The summed E-state index contributed by atoms with van der Waals surface area (Å²) in [5.41, 5.74) is 0. The van der Waals surface area contributed by atoms with Gasteiger partial charge in [0.1, 0.15) is 6.04 Å². The van der Waals surface area contributed by atoms with E-state index >= 15 is 0 Å². The van der Waals surface area contributed by atoms with E-state index in [0.717, 1.165) is 32.1 Å². The standard InChI is InChI=1S/C13H19N3O2.ClH/c14-7-9-2-1-5-16(9)13(18)12-10-4-3-8(15-12)6-11(10)17;/h8-12,15,17H,1-6H2;1H/t8-,9?,10+,11+,12-;/m0./s1. The first-order valence-electron chi connectivity index (χ1n) is 6.85. The molecule has 4 aliphatic rings. The van der Waals surface area contributed by atoms with Crippen molar-refractivity contribution in [2.45, 2.75) is 56.3 Å². The molecular weight excluding hydrogens is 266 g/mol. The van der Waals surface area contributed by atoms with Gasteiger partial charge >= 0.3 is 0 Å². The van der Waals surface area contributed by atoms with Crippen molar-refractivity contribution in [3.8, 4) is 6.07 Å². The van der Waals surface area contributed by atoms with Crippen LogP contribution in [0.1, 0.15) is 32.1 Å². The molecule has 4 rings (SSSR count). The Balaban J connectivity index is 0.00000133. The molecule has 19 heavy (non-hydrogen) atoms. The van der Waals surface area contributed by atoms with E-state index in [2.05, 4.69) is 11.4 Å². The summed E-state index contributed by atoms with van der Waals surface area (Å²) in [7, 11) is 0. The smallest absolute Gasteiger partial charge is 0.241 e. The molecule has 3 saturated heterocycles. The highest BCUT2D eigenvalue weighted by molar-refractivity contribution is 5.85.